The number of alkyl halides is 3. The van der Waals surface area contributed by atoms with Gasteiger partial charge in [-0.15, -0.1) is 0 Å². The van der Waals surface area contributed by atoms with E-state index in [9.17, 15) is 13.2 Å². The highest BCUT2D eigenvalue weighted by atomic mass is 19.4. The second-order valence-corrected chi connectivity index (χ2v) is 8.58. The van der Waals surface area contributed by atoms with Crippen LogP contribution in [0.1, 0.15) is 5.56 Å². The van der Waals surface area contributed by atoms with E-state index < -0.39 is 11.7 Å². The molecule has 6 aromatic rings. The van der Waals surface area contributed by atoms with E-state index in [1.807, 2.05) is 54.6 Å². The summed E-state index contributed by atoms with van der Waals surface area (Å²) in [6, 6.07) is 38.3. The van der Waals surface area contributed by atoms with Gasteiger partial charge in [0.25, 0.3) is 0 Å². The van der Waals surface area contributed by atoms with Crippen molar-refractivity contribution in [2.24, 2.45) is 0 Å². The van der Waals surface area contributed by atoms with Gasteiger partial charge < -0.3 is 4.57 Å². The lowest BCUT2D eigenvalue weighted by Crippen LogP contribution is -2.04. The number of hydrogen-bond acceptors (Lipinski definition) is 0. The summed E-state index contributed by atoms with van der Waals surface area (Å²) in [5.74, 6) is 0. The summed E-state index contributed by atoms with van der Waals surface area (Å²) in [5, 5.41) is 3.22. The van der Waals surface area contributed by atoms with Gasteiger partial charge in [0.2, 0.25) is 0 Å². The van der Waals surface area contributed by atoms with Crippen molar-refractivity contribution in [2.75, 3.05) is 0 Å². The molecule has 0 spiro atoms. The Kier molecular flexibility index (Phi) is 4.96. The lowest BCUT2D eigenvalue weighted by molar-refractivity contribution is -0.137. The van der Waals surface area contributed by atoms with Gasteiger partial charge in [-0.05, 0) is 58.5 Å². The molecule has 0 fully saturated rings. The van der Waals surface area contributed by atoms with Crippen molar-refractivity contribution in [1.29, 1.82) is 0 Å². The van der Waals surface area contributed by atoms with Gasteiger partial charge in [0, 0.05) is 10.8 Å². The molecule has 0 aliphatic carbocycles. The first kappa shape index (κ1) is 21.2. The van der Waals surface area contributed by atoms with E-state index >= 15 is 0 Å². The molecule has 0 atom stereocenters. The van der Waals surface area contributed by atoms with E-state index in [-0.39, 0.29) is 0 Å². The summed E-state index contributed by atoms with van der Waals surface area (Å²) < 4.78 is 41.6. The predicted molar refractivity (Wildman–Crippen MR) is 137 cm³/mol. The van der Waals surface area contributed by atoms with Gasteiger partial charge in [-0.2, -0.15) is 13.2 Å². The number of nitrogens with zero attached hydrogens (tertiary/aromatic N) is 1. The largest absolute Gasteiger partial charge is 0.416 e. The van der Waals surface area contributed by atoms with Crippen molar-refractivity contribution in [3.8, 4) is 28.1 Å². The number of para-hydroxylation sites is 1. The van der Waals surface area contributed by atoms with Crippen molar-refractivity contribution < 1.29 is 13.2 Å². The van der Waals surface area contributed by atoms with E-state index in [0.717, 1.165) is 61.9 Å². The lowest BCUT2D eigenvalue weighted by Gasteiger charge is -2.17. The second kappa shape index (κ2) is 8.17. The monoisotopic (exact) mass is 463 g/mol. The Hall–Kier alpha value is -4.31. The lowest BCUT2D eigenvalue weighted by atomic mass is 9.98. The van der Waals surface area contributed by atoms with Gasteiger partial charge in [0.05, 0.1) is 22.5 Å². The highest BCUT2D eigenvalue weighted by Gasteiger charge is 2.30. The fourth-order valence-corrected chi connectivity index (χ4v) is 4.73. The number of benzene rings is 5. The minimum Gasteiger partial charge on any atom is -0.309 e. The average Bonchev–Trinajstić information content (AvgIpc) is 3.28. The Morgan fingerprint density at radius 3 is 1.91 bits per heavy atom. The molecule has 1 aromatic heterocycles. The smallest absolute Gasteiger partial charge is 0.309 e. The molecule has 0 radical (unpaired) electrons. The average molecular weight is 464 g/mol. The first-order valence-electron chi connectivity index (χ1n) is 11.4. The molecule has 6 rings (SSSR count). The number of hydrogen-bond donors (Lipinski definition) is 0. The zero-order valence-electron chi connectivity index (χ0n) is 18.6. The maximum absolute atomic E-state index is 13.1. The summed E-state index contributed by atoms with van der Waals surface area (Å²) in [7, 11) is 0. The third kappa shape index (κ3) is 3.77. The topological polar surface area (TPSA) is 4.93 Å². The van der Waals surface area contributed by atoms with Crippen LogP contribution < -0.4 is 0 Å². The third-order valence-electron chi connectivity index (χ3n) is 6.41. The number of halogens is 3. The molecule has 1 heterocycles. The Morgan fingerprint density at radius 2 is 1.17 bits per heavy atom. The summed E-state index contributed by atoms with van der Waals surface area (Å²) in [6.45, 7) is 0. The molecule has 0 amide bonds. The third-order valence-corrected chi connectivity index (χ3v) is 6.41. The van der Waals surface area contributed by atoms with E-state index in [0.29, 0.717) is 0 Å². The van der Waals surface area contributed by atoms with Crippen LogP contribution in [0.25, 0.3) is 49.7 Å². The van der Waals surface area contributed by atoms with Gasteiger partial charge in [-0.25, -0.2) is 0 Å². The molecule has 1 nitrogen and oxygen atoms in total. The van der Waals surface area contributed by atoms with Crippen molar-refractivity contribution in [2.45, 2.75) is 6.18 Å². The summed E-state index contributed by atoms with van der Waals surface area (Å²) >= 11 is 0. The molecule has 0 aliphatic rings. The van der Waals surface area contributed by atoms with Crippen molar-refractivity contribution in [3.63, 3.8) is 0 Å². The maximum Gasteiger partial charge on any atom is 0.416 e. The van der Waals surface area contributed by atoms with Crippen LogP contribution in [0.2, 0.25) is 0 Å². The molecule has 0 saturated carbocycles. The quantitative estimate of drug-likeness (QED) is 0.247. The fraction of sp³-hybridized carbons (Fsp3) is 0.0323. The standard InChI is InChI=1S/C31H20F3N/c32-31(33,34)26-16-14-21(15-17-26)25-18-23-10-4-6-12-27(23)30(20-25)35-28-13-7-5-11-24(28)19-29(35)22-8-2-1-3-9-22/h1-20H. The van der Waals surface area contributed by atoms with Crippen LogP contribution in [0.15, 0.2) is 121 Å². The molecule has 170 valence electrons. The minimum absolute atomic E-state index is 0.648. The Bertz CT molecular complexity index is 1660. The van der Waals surface area contributed by atoms with Crippen molar-refractivity contribution in [3.05, 3.63) is 127 Å². The Morgan fingerprint density at radius 1 is 0.514 bits per heavy atom. The highest BCUT2D eigenvalue weighted by Crippen LogP contribution is 2.38. The molecule has 0 aliphatic heterocycles. The summed E-state index contributed by atoms with van der Waals surface area (Å²) in [4.78, 5) is 0. The fourth-order valence-electron chi connectivity index (χ4n) is 4.73. The van der Waals surface area contributed by atoms with E-state index in [1.54, 1.807) is 12.1 Å². The molecule has 0 unspecified atom stereocenters. The van der Waals surface area contributed by atoms with Gasteiger partial charge >= 0.3 is 6.18 Å². The first-order valence-corrected chi connectivity index (χ1v) is 11.4. The molecule has 0 saturated heterocycles. The van der Waals surface area contributed by atoms with E-state index in [1.165, 1.54) is 0 Å². The maximum atomic E-state index is 13.1. The summed E-state index contributed by atoms with van der Waals surface area (Å²) in [6.07, 6.45) is -4.36. The summed E-state index contributed by atoms with van der Waals surface area (Å²) in [5.41, 5.74) is 5.16. The van der Waals surface area contributed by atoms with Gasteiger partial charge in [-0.3, -0.25) is 0 Å². The van der Waals surface area contributed by atoms with Gasteiger partial charge in [0.1, 0.15) is 0 Å². The second-order valence-electron chi connectivity index (χ2n) is 8.58. The molecule has 0 N–H and O–H groups in total. The molecule has 5 aromatic carbocycles. The van der Waals surface area contributed by atoms with Crippen LogP contribution in [-0.4, -0.2) is 4.57 Å². The molecule has 4 heteroatoms. The van der Waals surface area contributed by atoms with Gasteiger partial charge in [-0.1, -0.05) is 84.9 Å². The van der Waals surface area contributed by atoms with Gasteiger partial charge in [0.15, 0.2) is 0 Å². The van der Waals surface area contributed by atoms with Crippen LogP contribution in [0.5, 0.6) is 0 Å². The zero-order valence-corrected chi connectivity index (χ0v) is 18.6. The Balaban J connectivity index is 1.64. The molecule has 35 heavy (non-hydrogen) atoms. The van der Waals surface area contributed by atoms with Crippen LogP contribution in [0.3, 0.4) is 0 Å². The highest BCUT2D eigenvalue weighted by molar-refractivity contribution is 5.98. The van der Waals surface area contributed by atoms with Crippen LogP contribution in [0, 0.1) is 0 Å². The van der Waals surface area contributed by atoms with Crippen LogP contribution >= 0.6 is 0 Å². The predicted octanol–water partition coefficient (Wildman–Crippen LogP) is 9.14. The minimum atomic E-state index is -4.36. The molecular formula is C31H20F3N. The van der Waals surface area contributed by atoms with Crippen LogP contribution in [0.4, 0.5) is 13.2 Å². The number of aromatic nitrogens is 1. The first-order chi connectivity index (χ1) is 17.0. The van der Waals surface area contributed by atoms with E-state index in [2.05, 4.69) is 47.0 Å². The molecule has 0 bridgehead atoms. The van der Waals surface area contributed by atoms with E-state index in [4.69, 9.17) is 0 Å². The van der Waals surface area contributed by atoms with Crippen molar-refractivity contribution in [1.82, 2.24) is 4.57 Å². The SMILES string of the molecule is FC(F)(F)c1ccc(-c2cc(-n3c(-c4ccccc4)cc4ccccc43)c3ccccc3c2)cc1. The number of rotatable bonds is 3. The Labute approximate surface area is 200 Å². The van der Waals surface area contributed by atoms with Crippen LogP contribution in [-0.2, 0) is 6.18 Å². The number of fused-ring (bicyclic) bond motifs is 2. The normalized spacial score (nSPS) is 11.9. The zero-order chi connectivity index (χ0) is 24.0. The molecular weight excluding hydrogens is 443 g/mol. The van der Waals surface area contributed by atoms with Crippen molar-refractivity contribution >= 4 is 21.7 Å².